The van der Waals surface area contributed by atoms with Crippen LogP contribution in [0.5, 0.6) is 5.75 Å². The summed E-state index contributed by atoms with van der Waals surface area (Å²) >= 11 is 1.42. The van der Waals surface area contributed by atoms with Crippen molar-refractivity contribution in [2.75, 3.05) is 12.4 Å². The minimum atomic E-state index is 0.0707. The molecule has 0 N–H and O–H groups in total. The molecule has 1 aromatic carbocycles. The van der Waals surface area contributed by atoms with Crippen molar-refractivity contribution in [2.45, 2.75) is 39.4 Å². The van der Waals surface area contributed by atoms with Gasteiger partial charge in [-0.25, -0.2) is 0 Å². The summed E-state index contributed by atoms with van der Waals surface area (Å²) < 4.78 is 9.67. The number of ketones is 1. The van der Waals surface area contributed by atoms with E-state index >= 15 is 0 Å². The number of aromatic nitrogens is 5. The molecule has 0 aliphatic carbocycles. The number of hydrogen-bond donors (Lipinski definition) is 0. The van der Waals surface area contributed by atoms with Crippen LogP contribution >= 0.6 is 11.8 Å². The Balaban J connectivity index is 1.52. The summed E-state index contributed by atoms with van der Waals surface area (Å²) in [5.74, 6) is 1.98. The minimum absolute atomic E-state index is 0.0707. The van der Waals surface area contributed by atoms with Gasteiger partial charge in [-0.3, -0.25) is 9.78 Å². The normalized spacial score (nSPS) is 11.0. The molecule has 4 aromatic rings. The lowest BCUT2D eigenvalue weighted by Crippen LogP contribution is -2.07. The SMILES string of the molecule is CCOc1ccc(-n2c(C)cc(C(=O)CSc3nnc(-c4ccncc4)n3CC)c2C)cc1. The van der Waals surface area contributed by atoms with Crippen LogP contribution in [-0.4, -0.2) is 42.5 Å². The molecule has 0 unspecified atom stereocenters. The molecule has 0 fully saturated rings. The first-order chi connectivity index (χ1) is 16.0. The lowest BCUT2D eigenvalue weighted by Gasteiger charge is -2.11. The van der Waals surface area contributed by atoms with Crippen LogP contribution in [0.25, 0.3) is 17.1 Å². The highest BCUT2D eigenvalue weighted by Gasteiger charge is 2.19. The Morgan fingerprint density at radius 1 is 1.03 bits per heavy atom. The van der Waals surface area contributed by atoms with Crippen molar-refractivity contribution in [1.29, 1.82) is 0 Å². The van der Waals surface area contributed by atoms with Crippen LogP contribution in [0.3, 0.4) is 0 Å². The third-order valence-electron chi connectivity index (χ3n) is 5.44. The maximum atomic E-state index is 13.1. The first-order valence-electron chi connectivity index (χ1n) is 10.9. The third-order valence-corrected chi connectivity index (χ3v) is 6.41. The van der Waals surface area contributed by atoms with Gasteiger partial charge < -0.3 is 13.9 Å². The molecule has 0 bridgehead atoms. The van der Waals surface area contributed by atoms with Crippen molar-refractivity contribution >= 4 is 17.5 Å². The third kappa shape index (κ3) is 4.71. The molecule has 170 valence electrons. The smallest absolute Gasteiger partial charge is 0.191 e. The van der Waals surface area contributed by atoms with Gasteiger partial charge in [-0.05, 0) is 70.2 Å². The molecule has 33 heavy (non-hydrogen) atoms. The standard InChI is InChI=1S/C25H27N5O2S/c1-5-29-24(19-11-13-26-14-12-19)27-28-25(29)33-16-23(31)22-15-17(3)30(18(22)4)20-7-9-21(10-8-20)32-6-2/h7-15H,5-6,16H2,1-4H3. The highest BCUT2D eigenvalue weighted by Crippen LogP contribution is 2.27. The number of benzene rings is 1. The van der Waals surface area contributed by atoms with Crippen molar-refractivity contribution in [3.63, 3.8) is 0 Å². The topological polar surface area (TPSA) is 74.8 Å². The molecule has 8 heteroatoms. The molecule has 0 saturated carbocycles. The van der Waals surface area contributed by atoms with Crippen molar-refractivity contribution in [1.82, 2.24) is 24.3 Å². The van der Waals surface area contributed by atoms with Gasteiger partial charge in [0.15, 0.2) is 16.8 Å². The highest BCUT2D eigenvalue weighted by molar-refractivity contribution is 7.99. The fourth-order valence-electron chi connectivity index (χ4n) is 3.90. The second-order valence-corrected chi connectivity index (χ2v) is 8.49. The monoisotopic (exact) mass is 461 g/mol. The predicted molar refractivity (Wildman–Crippen MR) is 130 cm³/mol. The van der Waals surface area contributed by atoms with Gasteiger partial charge in [-0.2, -0.15) is 0 Å². The van der Waals surface area contributed by atoms with E-state index in [1.165, 1.54) is 11.8 Å². The summed E-state index contributed by atoms with van der Waals surface area (Å²) in [5.41, 5.74) is 4.63. The lowest BCUT2D eigenvalue weighted by atomic mass is 10.2. The van der Waals surface area contributed by atoms with Crippen LogP contribution in [0.4, 0.5) is 0 Å². The largest absolute Gasteiger partial charge is 0.494 e. The van der Waals surface area contributed by atoms with E-state index in [9.17, 15) is 4.79 Å². The number of pyridine rings is 1. The van der Waals surface area contributed by atoms with Crippen molar-refractivity contribution in [3.8, 4) is 22.8 Å². The molecule has 0 amide bonds. The fourth-order valence-corrected chi connectivity index (χ4v) is 4.79. The molecule has 0 radical (unpaired) electrons. The van der Waals surface area contributed by atoms with Crippen LogP contribution in [0.1, 0.15) is 35.6 Å². The summed E-state index contributed by atoms with van der Waals surface area (Å²) in [6.07, 6.45) is 3.47. The first-order valence-corrected chi connectivity index (χ1v) is 11.9. The molecule has 4 rings (SSSR count). The molecule has 3 aromatic heterocycles. The average molecular weight is 462 g/mol. The number of aryl methyl sites for hydroxylation is 1. The van der Waals surface area contributed by atoms with Gasteiger partial charge >= 0.3 is 0 Å². The summed E-state index contributed by atoms with van der Waals surface area (Å²) in [4.78, 5) is 17.2. The van der Waals surface area contributed by atoms with Crippen LogP contribution < -0.4 is 4.74 Å². The van der Waals surface area contributed by atoms with E-state index in [4.69, 9.17) is 4.74 Å². The number of carbonyl (C=O) groups is 1. The van der Waals surface area contributed by atoms with Gasteiger partial charge in [0.1, 0.15) is 5.75 Å². The minimum Gasteiger partial charge on any atom is -0.494 e. The Labute approximate surface area is 197 Å². The van der Waals surface area contributed by atoms with E-state index in [1.54, 1.807) is 12.4 Å². The second-order valence-electron chi connectivity index (χ2n) is 7.55. The van der Waals surface area contributed by atoms with E-state index in [-0.39, 0.29) is 5.78 Å². The van der Waals surface area contributed by atoms with E-state index in [0.29, 0.717) is 18.9 Å². The number of ether oxygens (including phenoxy) is 1. The maximum Gasteiger partial charge on any atom is 0.191 e. The Morgan fingerprint density at radius 2 is 1.76 bits per heavy atom. The highest BCUT2D eigenvalue weighted by atomic mass is 32.2. The van der Waals surface area contributed by atoms with Gasteiger partial charge in [0.25, 0.3) is 0 Å². The van der Waals surface area contributed by atoms with Gasteiger partial charge in [0.2, 0.25) is 0 Å². The lowest BCUT2D eigenvalue weighted by molar-refractivity contribution is 0.102. The Morgan fingerprint density at radius 3 is 2.42 bits per heavy atom. The summed E-state index contributed by atoms with van der Waals surface area (Å²) in [7, 11) is 0. The zero-order valence-electron chi connectivity index (χ0n) is 19.3. The number of carbonyl (C=O) groups excluding carboxylic acids is 1. The molecular formula is C25H27N5O2S. The van der Waals surface area contributed by atoms with Gasteiger partial charge in [-0.1, -0.05) is 11.8 Å². The molecule has 0 saturated heterocycles. The second kappa shape index (κ2) is 10.0. The summed E-state index contributed by atoms with van der Waals surface area (Å²) in [5, 5.41) is 9.41. The summed E-state index contributed by atoms with van der Waals surface area (Å²) in [6.45, 7) is 9.36. The fraction of sp³-hybridized carbons (Fsp3) is 0.280. The average Bonchev–Trinajstić information content (AvgIpc) is 3.38. The molecular weight excluding hydrogens is 434 g/mol. The predicted octanol–water partition coefficient (Wildman–Crippen LogP) is 5.14. The van der Waals surface area contributed by atoms with Gasteiger partial charge in [0, 0.05) is 47.1 Å². The van der Waals surface area contributed by atoms with Crippen LogP contribution in [0, 0.1) is 13.8 Å². The molecule has 0 spiro atoms. The Kier molecular flexibility index (Phi) is 6.93. The maximum absolute atomic E-state index is 13.1. The van der Waals surface area contributed by atoms with E-state index < -0.39 is 0 Å². The zero-order chi connectivity index (χ0) is 23.4. The molecule has 3 heterocycles. The van der Waals surface area contributed by atoms with E-state index in [2.05, 4.69) is 19.7 Å². The molecule has 0 atom stereocenters. The molecule has 7 nitrogen and oxygen atoms in total. The van der Waals surface area contributed by atoms with Crippen molar-refractivity contribution < 1.29 is 9.53 Å². The van der Waals surface area contributed by atoms with Crippen molar-refractivity contribution in [2.24, 2.45) is 0 Å². The number of hydrogen-bond acceptors (Lipinski definition) is 6. The Bertz CT molecular complexity index is 1250. The van der Waals surface area contributed by atoms with Gasteiger partial charge in [-0.15, -0.1) is 10.2 Å². The quantitative estimate of drug-likeness (QED) is 0.254. The van der Waals surface area contributed by atoms with Crippen LogP contribution in [0.2, 0.25) is 0 Å². The molecule has 0 aliphatic heterocycles. The first kappa shape index (κ1) is 22.8. The number of rotatable bonds is 9. The van der Waals surface area contributed by atoms with Crippen molar-refractivity contribution in [3.05, 3.63) is 71.8 Å². The summed E-state index contributed by atoms with van der Waals surface area (Å²) in [6, 6.07) is 13.7. The van der Waals surface area contributed by atoms with Gasteiger partial charge in [0.05, 0.1) is 12.4 Å². The number of Topliss-reactive ketones (excluding diaryl/α,β-unsaturated/α-hetero) is 1. The Hall–Kier alpha value is -3.39. The zero-order valence-corrected chi connectivity index (χ0v) is 20.1. The molecule has 0 aliphatic rings. The van der Waals surface area contributed by atoms with E-state index in [0.717, 1.165) is 44.9 Å². The number of nitrogens with zero attached hydrogens (tertiary/aromatic N) is 5. The van der Waals surface area contributed by atoms with Crippen LogP contribution in [-0.2, 0) is 6.54 Å². The van der Waals surface area contributed by atoms with E-state index in [1.807, 2.05) is 74.7 Å². The van der Waals surface area contributed by atoms with Crippen LogP contribution in [0.15, 0.2) is 60.0 Å². The number of thioether (sulfide) groups is 1.